The van der Waals surface area contributed by atoms with Gasteiger partial charge in [0.15, 0.2) is 0 Å². The molecule has 2 aliphatic rings. The van der Waals surface area contributed by atoms with Crippen LogP contribution in [0, 0.1) is 6.92 Å². The van der Waals surface area contributed by atoms with Gasteiger partial charge in [-0.3, -0.25) is 24.1 Å². The fraction of sp³-hybridized carbons (Fsp3) is 0.273. The summed E-state index contributed by atoms with van der Waals surface area (Å²) in [6, 6.07) is 5.99. The number of nitrogens with one attached hydrogen (secondary N) is 2. The average Bonchev–Trinajstić information content (AvgIpc) is 2.96. The van der Waals surface area contributed by atoms with Crippen molar-refractivity contribution in [2.24, 2.45) is 0 Å². The van der Waals surface area contributed by atoms with E-state index in [4.69, 9.17) is 0 Å². The van der Waals surface area contributed by atoms with Crippen LogP contribution in [0.4, 0.5) is 0 Å². The van der Waals surface area contributed by atoms with Crippen molar-refractivity contribution in [1.29, 1.82) is 0 Å². The minimum absolute atomic E-state index is 0.00191. The first kappa shape index (κ1) is 21.2. The number of aliphatic hydroxyl groups excluding tert-OH is 1. The highest BCUT2D eigenvalue weighted by Gasteiger charge is 2.47. The number of amides is 4. The van der Waals surface area contributed by atoms with Gasteiger partial charge in [-0.1, -0.05) is 30.4 Å². The number of likely N-dealkylation sites (tertiary alicyclic amines) is 1. The van der Waals surface area contributed by atoms with Gasteiger partial charge >= 0.3 is 0 Å². The SMILES string of the molecule is C=C/C(NC(=O)c1ccc(C)cc1)=C1/C(=O)N(C2CCC(=O)NC2O)C(=O)/C1=C/C. The number of benzene rings is 1. The van der Waals surface area contributed by atoms with Crippen LogP contribution in [0.15, 0.2) is 59.8 Å². The summed E-state index contributed by atoms with van der Waals surface area (Å²) in [4.78, 5) is 51.1. The highest BCUT2D eigenvalue weighted by Crippen LogP contribution is 2.32. The largest absolute Gasteiger partial charge is 0.372 e. The number of imide groups is 1. The maximum absolute atomic E-state index is 13.2. The molecule has 4 amide bonds. The molecule has 1 aromatic rings. The molecule has 8 heteroatoms. The van der Waals surface area contributed by atoms with Crippen molar-refractivity contribution >= 4 is 23.6 Å². The molecule has 3 N–H and O–H groups in total. The lowest BCUT2D eigenvalue weighted by Crippen LogP contribution is -2.57. The lowest BCUT2D eigenvalue weighted by atomic mass is 10.0. The molecule has 2 fully saturated rings. The lowest BCUT2D eigenvalue weighted by Gasteiger charge is -2.33. The van der Waals surface area contributed by atoms with Crippen LogP contribution < -0.4 is 10.6 Å². The molecule has 0 aromatic heterocycles. The minimum Gasteiger partial charge on any atom is -0.372 e. The number of carbonyl (C=O) groups excluding carboxylic acids is 4. The molecule has 0 saturated carbocycles. The van der Waals surface area contributed by atoms with Gasteiger partial charge in [-0.15, -0.1) is 0 Å². The molecule has 2 unspecified atom stereocenters. The van der Waals surface area contributed by atoms with E-state index in [9.17, 15) is 24.3 Å². The monoisotopic (exact) mass is 409 g/mol. The van der Waals surface area contributed by atoms with Crippen molar-refractivity contribution in [3.05, 3.63) is 71.0 Å². The molecule has 0 radical (unpaired) electrons. The zero-order valence-electron chi connectivity index (χ0n) is 16.8. The predicted octanol–water partition coefficient (Wildman–Crippen LogP) is 1.08. The Balaban J connectivity index is 1.96. The first-order valence-electron chi connectivity index (χ1n) is 9.55. The molecular formula is C22H23N3O5. The molecule has 2 heterocycles. The number of piperidine rings is 1. The molecule has 3 rings (SSSR count). The van der Waals surface area contributed by atoms with Crippen LogP contribution in [0.1, 0.15) is 35.7 Å². The maximum Gasteiger partial charge on any atom is 0.264 e. The zero-order chi connectivity index (χ0) is 22.0. The normalized spacial score (nSPS) is 24.7. The van der Waals surface area contributed by atoms with Crippen LogP contribution in [0.25, 0.3) is 0 Å². The molecule has 0 bridgehead atoms. The number of aryl methyl sites for hydroxylation is 1. The third kappa shape index (κ3) is 3.81. The Morgan fingerprint density at radius 1 is 1.23 bits per heavy atom. The summed E-state index contributed by atoms with van der Waals surface area (Å²) >= 11 is 0. The van der Waals surface area contributed by atoms with E-state index >= 15 is 0 Å². The summed E-state index contributed by atoms with van der Waals surface area (Å²) in [6.07, 6.45) is 1.66. The summed E-state index contributed by atoms with van der Waals surface area (Å²) in [5.41, 5.74) is 1.59. The van der Waals surface area contributed by atoms with Crippen LogP contribution >= 0.6 is 0 Å². The van der Waals surface area contributed by atoms with Crippen molar-refractivity contribution in [3.63, 3.8) is 0 Å². The third-order valence-electron chi connectivity index (χ3n) is 5.15. The van der Waals surface area contributed by atoms with E-state index in [2.05, 4.69) is 17.2 Å². The van der Waals surface area contributed by atoms with Gasteiger partial charge in [0.05, 0.1) is 22.9 Å². The first-order valence-corrected chi connectivity index (χ1v) is 9.55. The smallest absolute Gasteiger partial charge is 0.264 e. The van der Waals surface area contributed by atoms with Gasteiger partial charge in [0, 0.05) is 12.0 Å². The van der Waals surface area contributed by atoms with E-state index in [1.165, 1.54) is 12.2 Å². The zero-order valence-corrected chi connectivity index (χ0v) is 16.8. The highest BCUT2D eigenvalue weighted by atomic mass is 16.3. The van der Waals surface area contributed by atoms with Crippen molar-refractivity contribution in [3.8, 4) is 0 Å². The van der Waals surface area contributed by atoms with Gasteiger partial charge < -0.3 is 15.7 Å². The van der Waals surface area contributed by atoms with Gasteiger partial charge in [0.1, 0.15) is 6.23 Å². The predicted molar refractivity (Wildman–Crippen MR) is 109 cm³/mol. The van der Waals surface area contributed by atoms with Gasteiger partial charge in [-0.05, 0) is 38.5 Å². The Morgan fingerprint density at radius 2 is 1.90 bits per heavy atom. The van der Waals surface area contributed by atoms with Gasteiger partial charge in [0.25, 0.3) is 17.7 Å². The Bertz CT molecular complexity index is 991. The van der Waals surface area contributed by atoms with Crippen molar-refractivity contribution in [1.82, 2.24) is 15.5 Å². The van der Waals surface area contributed by atoms with Crippen LogP contribution in [0.2, 0.25) is 0 Å². The van der Waals surface area contributed by atoms with E-state index in [-0.39, 0.29) is 35.6 Å². The standard InChI is InChI=1S/C22H23N3O5/c1-4-14-18(15(5-2)23-19(27)13-8-6-12(3)7-9-13)22(30)25(21(14)29)16-10-11-17(26)24-20(16)28/h4-9,16,20,28H,2,10-11H2,1,3H3,(H,23,27)(H,24,26)/b14-4+,18-15-. The molecule has 2 aliphatic heterocycles. The summed E-state index contributed by atoms with van der Waals surface area (Å²) < 4.78 is 0. The van der Waals surface area contributed by atoms with Gasteiger partial charge in [0.2, 0.25) is 5.91 Å². The van der Waals surface area contributed by atoms with E-state index in [0.29, 0.717) is 5.56 Å². The Hall–Kier alpha value is -3.52. The van der Waals surface area contributed by atoms with E-state index in [0.717, 1.165) is 10.5 Å². The van der Waals surface area contributed by atoms with Crippen LogP contribution in [0.3, 0.4) is 0 Å². The number of allylic oxidation sites excluding steroid dienone is 2. The van der Waals surface area contributed by atoms with Crippen molar-refractivity contribution < 1.29 is 24.3 Å². The van der Waals surface area contributed by atoms with E-state index < -0.39 is 30.0 Å². The average molecular weight is 409 g/mol. The maximum atomic E-state index is 13.2. The number of nitrogens with zero attached hydrogens (tertiary/aromatic N) is 1. The van der Waals surface area contributed by atoms with E-state index in [1.807, 2.05) is 6.92 Å². The van der Waals surface area contributed by atoms with Crippen molar-refractivity contribution in [2.75, 3.05) is 0 Å². The summed E-state index contributed by atoms with van der Waals surface area (Å²) in [6.45, 7) is 7.17. The number of carbonyl (C=O) groups is 4. The fourth-order valence-corrected chi connectivity index (χ4v) is 3.55. The van der Waals surface area contributed by atoms with Gasteiger partial charge in [-0.25, -0.2) is 0 Å². The van der Waals surface area contributed by atoms with Crippen molar-refractivity contribution in [2.45, 2.75) is 39.0 Å². The van der Waals surface area contributed by atoms with Gasteiger partial charge in [-0.2, -0.15) is 0 Å². The molecule has 156 valence electrons. The molecule has 1 aromatic carbocycles. The van der Waals surface area contributed by atoms with E-state index in [1.54, 1.807) is 31.2 Å². The Labute approximate surface area is 173 Å². The number of rotatable bonds is 4. The molecule has 0 aliphatic carbocycles. The molecule has 2 atom stereocenters. The Kier molecular flexibility index (Phi) is 5.98. The summed E-state index contributed by atoms with van der Waals surface area (Å²) in [5, 5.41) is 15.2. The fourth-order valence-electron chi connectivity index (χ4n) is 3.55. The number of aliphatic hydroxyl groups is 1. The minimum atomic E-state index is -1.36. The third-order valence-corrected chi connectivity index (χ3v) is 5.15. The molecule has 8 nitrogen and oxygen atoms in total. The summed E-state index contributed by atoms with van der Waals surface area (Å²) in [7, 11) is 0. The molecule has 30 heavy (non-hydrogen) atoms. The first-order chi connectivity index (χ1) is 14.3. The number of hydrogen-bond acceptors (Lipinski definition) is 5. The summed E-state index contributed by atoms with van der Waals surface area (Å²) in [5.74, 6) is -2.05. The quantitative estimate of drug-likeness (QED) is 0.508. The van der Waals surface area contributed by atoms with Crippen LogP contribution in [-0.2, 0) is 14.4 Å². The highest BCUT2D eigenvalue weighted by molar-refractivity contribution is 6.25. The second-order valence-corrected chi connectivity index (χ2v) is 7.11. The Morgan fingerprint density at radius 3 is 2.47 bits per heavy atom. The lowest BCUT2D eigenvalue weighted by molar-refractivity contribution is -0.148. The molecule has 0 spiro atoms. The molecular weight excluding hydrogens is 386 g/mol. The molecule has 2 saturated heterocycles. The van der Waals surface area contributed by atoms with Crippen LogP contribution in [-0.4, -0.2) is 45.9 Å². The van der Waals surface area contributed by atoms with Crippen LogP contribution in [0.5, 0.6) is 0 Å². The second-order valence-electron chi connectivity index (χ2n) is 7.11. The second kappa shape index (κ2) is 8.46. The number of hydrogen-bond donors (Lipinski definition) is 3. The topological polar surface area (TPSA) is 116 Å².